The number of halogens is 1. The molecule has 0 aromatic heterocycles. The van der Waals surface area contributed by atoms with Gasteiger partial charge in [-0.05, 0) is 31.2 Å². The van der Waals surface area contributed by atoms with Crippen LogP contribution in [0.3, 0.4) is 0 Å². The number of hydrogen-bond donors (Lipinski definition) is 1. The molecule has 1 aromatic rings. The zero-order valence-electron chi connectivity index (χ0n) is 12.5. The number of nitrogens with one attached hydrogen (secondary N) is 1. The molecule has 1 fully saturated rings. The average molecular weight is 346 g/mol. The summed E-state index contributed by atoms with van der Waals surface area (Å²) in [5, 5.41) is 0. The molecule has 5 nitrogen and oxygen atoms in total. The summed E-state index contributed by atoms with van der Waals surface area (Å²) in [5.74, 6) is -0.933. The third kappa shape index (κ3) is 4.21. The Balaban J connectivity index is 2.19. The van der Waals surface area contributed by atoms with Gasteiger partial charge in [0, 0.05) is 24.0 Å². The molecule has 1 aliphatic rings. The van der Waals surface area contributed by atoms with Crippen molar-refractivity contribution in [1.29, 1.82) is 0 Å². The highest BCUT2D eigenvalue weighted by molar-refractivity contribution is 7.98. The molecule has 1 heterocycles. The van der Waals surface area contributed by atoms with Crippen molar-refractivity contribution >= 4 is 27.7 Å². The van der Waals surface area contributed by atoms with Crippen LogP contribution >= 0.6 is 11.8 Å². The molecule has 0 spiro atoms. The van der Waals surface area contributed by atoms with Crippen LogP contribution in [0.1, 0.15) is 23.2 Å². The van der Waals surface area contributed by atoms with Gasteiger partial charge in [-0.25, -0.2) is 17.5 Å². The van der Waals surface area contributed by atoms with Gasteiger partial charge in [0.2, 0.25) is 10.0 Å². The zero-order valence-corrected chi connectivity index (χ0v) is 14.1. The van der Waals surface area contributed by atoms with Crippen molar-refractivity contribution in [2.45, 2.75) is 23.8 Å². The number of likely N-dealkylation sites (tertiary alicyclic amines) is 1. The average Bonchev–Trinajstić information content (AvgIpc) is 2.44. The van der Waals surface area contributed by atoms with Gasteiger partial charge in [-0.1, -0.05) is 6.07 Å². The van der Waals surface area contributed by atoms with E-state index in [1.54, 1.807) is 18.4 Å². The molecule has 0 radical (unpaired) electrons. The molecular formula is C14H19FN2O3S2. The van der Waals surface area contributed by atoms with Gasteiger partial charge in [0.1, 0.15) is 5.82 Å². The molecule has 122 valence electrons. The fourth-order valence-corrected chi connectivity index (χ4v) is 4.00. The molecule has 2 rings (SSSR count). The monoisotopic (exact) mass is 346 g/mol. The summed E-state index contributed by atoms with van der Waals surface area (Å²) in [6, 6.07) is 4.22. The van der Waals surface area contributed by atoms with E-state index in [2.05, 4.69) is 4.72 Å². The smallest absolute Gasteiger partial charge is 0.258 e. The molecule has 8 heteroatoms. The van der Waals surface area contributed by atoms with Crippen molar-refractivity contribution in [3.05, 3.63) is 29.6 Å². The van der Waals surface area contributed by atoms with Crippen LogP contribution in [-0.4, -0.2) is 50.9 Å². The van der Waals surface area contributed by atoms with Crippen LogP contribution < -0.4 is 4.72 Å². The third-order valence-corrected chi connectivity index (χ3v) is 5.04. The van der Waals surface area contributed by atoms with E-state index in [0.29, 0.717) is 24.3 Å². The first-order chi connectivity index (χ1) is 10.3. The highest BCUT2D eigenvalue weighted by atomic mass is 32.2. The van der Waals surface area contributed by atoms with Gasteiger partial charge in [0.25, 0.3) is 5.91 Å². The number of nitrogens with zero attached hydrogens (tertiary/aromatic N) is 1. The van der Waals surface area contributed by atoms with E-state index in [-0.39, 0.29) is 24.1 Å². The standard InChI is InChI=1S/C14H19FN2O3S2/c1-21-12-7-3-6-11(15)13(12)14(18)17-8-4-5-10(9-17)16-22(2,19)20/h3,6-7,10,16H,4-5,8-9H2,1-2H3/t10-/m1/s1. The van der Waals surface area contributed by atoms with E-state index in [9.17, 15) is 17.6 Å². The molecule has 1 atom stereocenters. The predicted octanol–water partition coefficient (Wildman–Crippen LogP) is 1.70. The van der Waals surface area contributed by atoms with Crippen LogP contribution in [-0.2, 0) is 10.0 Å². The van der Waals surface area contributed by atoms with E-state index in [4.69, 9.17) is 0 Å². The second kappa shape index (κ2) is 6.97. The number of benzene rings is 1. The Hall–Kier alpha value is -1.12. The number of carbonyl (C=O) groups excluding carboxylic acids is 1. The lowest BCUT2D eigenvalue weighted by Gasteiger charge is -2.33. The Kier molecular flexibility index (Phi) is 5.46. The Labute approximate surface area is 134 Å². The first-order valence-corrected chi connectivity index (χ1v) is 10.0. The Morgan fingerprint density at radius 1 is 1.45 bits per heavy atom. The second-order valence-corrected chi connectivity index (χ2v) is 7.93. The topological polar surface area (TPSA) is 66.5 Å². The highest BCUT2D eigenvalue weighted by Crippen LogP contribution is 2.25. The number of piperidine rings is 1. The summed E-state index contributed by atoms with van der Waals surface area (Å²) < 4.78 is 39.2. The van der Waals surface area contributed by atoms with E-state index in [1.165, 1.54) is 22.7 Å². The normalized spacial score (nSPS) is 19.2. The Morgan fingerprint density at radius 3 is 2.82 bits per heavy atom. The van der Waals surface area contributed by atoms with Gasteiger partial charge < -0.3 is 4.90 Å². The number of amides is 1. The Morgan fingerprint density at radius 2 is 2.18 bits per heavy atom. The first kappa shape index (κ1) is 17.2. The highest BCUT2D eigenvalue weighted by Gasteiger charge is 2.28. The van der Waals surface area contributed by atoms with Gasteiger partial charge in [0.05, 0.1) is 11.8 Å². The van der Waals surface area contributed by atoms with Crippen LogP contribution in [0.15, 0.2) is 23.1 Å². The fourth-order valence-electron chi connectivity index (χ4n) is 2.60. The van der Waals surface area contributed by atoms with Gasteiger partial charge in [-0.3, -0.25) is 4.79 Å². The molecule has 1 aromatic carbocycles. The maximum atomic E-state index is 14.0. The quantitative estimate of drug-likeness (QED) is 0.843. The minimum absolute atomic E-state index is 0.0648. The largest absolute Gasteiger partial charge is 0.337 e. The van der Waals surface area contributed by atoms with Crippen LogP contribution in [0.4, 0.5) is 4.39 Å². The summed E-state index contributed by atoms with van der Waals surface area (Å²) in [5.41, 5.74) is 0.0648. The minimum atomic E-state index is -3.32. The number of rotatable bonds is 4. The van der Waals surface area contributed by atoms with E-state index < -0.39 is 15.8 Å². The molecule has 0 saturated carbocycles. The summed E-state index contributed by atoms with van der Waals surface area (Å²) in [4.78, 5) is 14.7. The SMILES string of the molecule is CSc1cccc(F)c1C(=O)N1CCC[C@@H](NS(C)(=O)=O)C1. The van der Waals surface area contributed by atoms with Crippen molar-refractivity contribution in [2.75, 3.05) is 25.6 Å². The summed E-state index contributed by atoms with van der Waals surface area (Å²) >= 11 is 1.31. The molecule has 1 N–H and O–H groups in total. The van der Waals surface area contributed by atoms with Gasteiger partial charge in [-0.2, -0.15) is 0 Å². The molecule has 0 bridgehead atoms. The molecule has 22 heavy (non-hydrogen) atoms. The molecule has 0 aliphatic carbocycles. The van der Waals surface area contributed by atoms with Crippen molar-refractivity contribution in [2.24, 2.45) is 0 Å². The van der Waals surface area contributed by atoms with Crippen LogP contribution in [0.25, 0.3) is 0 Å². The fraction of sp³-hybridized carbons (Fsp3) is 0.500. The van der Waals surface area contributed by atoms with Crippen molar-refractivity contribution in [3.63, 3.8) is 0 Å². The molecule has 0 unspecified atom stereocenters. The van der Waals surface area contributed by atoms with E-state index in [1.807, 2.05) is 0 Å². The maximum absolute atomic E-state index is 14.0. The number of carbonyl (C=O) groups is 1. The first-order valence-electron chi connectivity index (χ1n) is 6.91. The zero-order chi connectivity index (χ0) is 16.3. The lowest BCUT2D eigenvalue weighted by molar-refractivity contribution is 0.0694. The van der Waals surface area contributed by atoms with Crippen LogP contribution in [0, 0.1) is 5.82 Å². The van der Waals surface area contributed by atoms with Crippen molar-refractivity contribution in [1.82, 2.24) is 9.62 Å². The lowest BCUT2D eigenvalue weighted by atomic mass is 10.1. The summed E-state index contributed by atoms with van der Waals surface area (Å²) in [7, 11) is -3.32. The number of sulfonamides is 1. The van der Waals surface area contributed by atoms with Crippen LogP contribution in [0.2, 0.25) is 0 Å². The number of hydrogen-bond acceptors (Lipinski definition) is 4. The van der Waals surface area contributed by atoms with Gasteiger partial charge in [0.15, 0.2) is 0 Å². The molecular weight excluding hydrogens is 327 g/mol. The third-order valence-electron chi connectivity index (χ3n) is 3.50. The lowest BCUT2D eigenvalue weighted by Crippen LogP contribution is -2.49. The van der Waals surface area contributed by atoms with Crippen molar-refractivity contribution in [3.8, 4) is 0 Å². The number of thioether (sulfide) groups is 1. The predicted molar refractivity (Wildman–Crippen MR) is 85.1 cm³/mol. The van der Waals surface area contributed by atoms with Gasteiger partial charge >= 0.3 is 0 Å². The van der Waals surface area contributed by atoms with Crippen molar-refractivity contribution < 1.29 is 17.6 Å². The van der Waals surface area contributed by atoms with E-state index >= 15 is 0 Å². The van der Waals surface area contributed by atoms with Crippen LogP contribution in [0.5, 0.6) is 0 Å². The second-order valence-electron chi connectivity index (χ2n) is 5.30. The Bertz CT molecular complexity index is 664. The van der Waals surface area contributed by atoms with Gasteiger partial charge in [-0.15, -0.1) is 11.8 Å². The minimum Gasteiger partial charge on any atom is -0.337 e. The maximum Gasteiger partial charge on any atom is 0.258 e. The summed E-state index contributed by atoms with van der Waals surface area (Å²) in [6.45, 7) is 0.761. The molecule has 1 aliphatic heterocycles. The van der Waals surface area contributed by atoms with E-state index in [0.717, 1.165) is 6.26 Å². The molecule has 1 amide bonds. The summed E-state index contributed by atoms with van der Waals surface area (Å²) in [6.07, 6.45) is 4.23. The molecule has 1 saturated heterocycles.